The molecule has 0 spiro atoms. The van der Waals surface area contributed by atoms with Gasteiger partial charge in [0.2, 0.25) is 6.29 Å². The summed E-state index contributed by atoms with van der Waals surface area (Å²) >= 11 is 0. The van der Waals surface area contributed by atoms with E-state index in [-0.39, 0.29) is 11.5 Å². The number of Topliss-reactive ketones (excluding diaryl/α,β-unsaturated/α-hetero) is 1. The molecule has 11 heteroatoms. The van der Waals surface area contributed by atoms with E-state index in [0.29, 0.717) is 5.56 Å². The molecule has 0 aromatic heterocycles. The SMILES string of the molecule is CC(=O)c1ccc(O[C@@H]2O[C@H](CO)[C@@H](O)[C@H](O)[C@@H]2O[C@@H]2O[C@H](C)[C@H](O)[C@@H](O)[C@H]2O)cc1. The Bertz CT molecular complexity index is 741. The van der Waals surface area contributed by atoms with Gasteiger partial charge in [0.05, 0.1) is 12.7 Å². The van der Waals surface area contributed by atoms with Crippen LogP contribution in [0.15, 0.2) is 24.3 Å². The van der Waals surface area contributed by atoms with E-state index in [1.165, 1.54) is 38.1 Å². The molecule has 0 unspecified atom stereocenters. The highest BCUT2D eigenvalue weighted by molar-refractivity contribution is 5.94. The summed E-state index contributed by atoms with van der Waals surface area (Å²) < 4.78 is 22.3. The average Bonchev–Trinajstić information content (AvgIpc) is 2.75. The minimum Gasteiger partial charge on any atom is -0.462 e. The van der Waals surface area contributed by atoms with E-state index in [2.05, 4.69) is 0 Å². The number of aliphatic hydroxyl groups excluding tert-OH is 6. The van der Waals surface area contributed by atoms with Crippen molar-refractivity contribution in [2.45, 2.75) is 75.3 Å². The van der Waals surface area contributed by atoms with Crippen LogP contribution in [0.1, 0.15) is 24.2 Å². The number of ketones is 1. The molecular weight excluding hydrogens is 416 g/mol. The molecule has 0 bridgehead atoms. The fourth-order valence-electron chi connectivity index (χ4n) is 3.48. The predicted octanol–water partition coefficient (Wildman–Crippen LogP) is -2.08. The topological polar surface area (TPSA) is 175 Å². The van der Waals surface area contributed by atoms with Crippen molar-refractivity contribution in [1.29, 1.82) is 0 Å². The van der Waals surface area contributed by atoms with Crippen LogP contribution in [0.25, 0.3) is 0 Å². The van der Waals surface area contributed by atoms with Crippen molar-refractivity contribution >= 4 is 5.78 Å². The molecule has 2 heterocycles. The molecule has 1 aromatic carbocycles. The average molecular weight is 444 g/mol. The normalized spacial score (nSPS) is 41.0. The largest absolute Gasteiger partial charge is 0.462 e. The van der Waals surface area contributed by atoms with Crippen molar-refractivity contribution in [2.24, 2.45) is 0 Å². The zero-order valence-electron chi connectivity index (χ0n) is 17.0. The predicted molar refractivity (Wildman–Crippen MR) is 102 cm³/mol. The van der Waals surface area contributed by atoms with Crippen molar-refractivity contribution < 1.29 is 54.4 Å². The molecule has 174 valence electrons. The van der Waals surface area contributed by atoms with Crippen LogP contribution in [-0.4, -0.2) is 104 Å². The maximum atomic E-state index is 11.4. The molecule has 0 radical (unpaired) electrons. The van der Waals surface area contributed by atoms with Crippen molar-refractivity contribution in [3.05, 3.63) is 29.8 Å². The van der Waals surface area contributed by atoms with Gasteiger partial charge in [0.25, 0.3) is 0 Å². The van der Waals surface area contributed by atoms with Crippen molar-refractivity contribution in [3.8, 4) is 5.75 Å². The van der Waals surface area contributed by atoms with Crippen LogP contribution in [0.4, 0.5) is 0 Å². The quantitative estimate of drug-likeness (QED) is 0.266. The molecule has 10 atom stereocenters. The first-order chi connectivity index (χ1) is 14.6. The lowest BCUT2D eigenvalue weighted by Crippen LogP contribution is -2.64. The summed E-state index contributed by atoms with van der Waals surface area (Å²) in [6.45, 7) is 2.26. The van der Waals surface area contributed by atoms with Crippen LogP contribution in [-0.2, 0) is 14.2 Å². The molecule has 31 heavy (non-hydrogen) atoms. The molecule has 2 fully saturated rings. The molecule has 0 aliphatic carbocycles. The zero-order valence-corrected chi connectivity index (χ0v) is 17.0. The van der Waals surface area contributed by atoms with Gasteiger partial charge in [0.15, 0.2) is 18.2 Å². The number of hydrogen-bond acceptors (Lipinski definition) is 11. The van der Waals surface area contributed by atoms with Gasteiger partial charge in [0, 0.05) is 5.56 Å². The van der Waals surface area contributed by atoms with Gasteiger partial charge >= 0.3 is 0 Å². The summed E-state index contributed by atoms with van der Waals surface area (Å²) in [4.78, 5) is 11.4. The number of carbonyl (C=O) groups excluding carboxylic acids is 1. The third-order valence-electron chi connectivity index (χ3n) is 5.44. The van der Waals surface area contributed by atoms with Crippen molar-refractivity contribution in [2.75, 3.05) is 6.61 Å². The van der Waals surface area contributed by atoms with Gasteiger partial charge in [0.1, 0.15) is 42.4 Å². The number of benzene rings is 1. The Morgan fingerprint density at radius 2 is 1.55 bits per heavy atom. The molecule has 11 nitrogen and oxygen atoms in total. The van der Waals surface area contributed by atoms with Crippen molar-refractivity contribution in [3.63, 3.8) is 0 Å². The third kappa shape index (κ3) is 5.06. The second-order valence-corrected chi connectivity index (χ2v) is 7.69. The van der Waals surface area contributed by atoms with Gasteiger partial charge in [-0.3, -0.25) is 4.79 Å². The van der Waals surface area contributed by atoms with Crippen LogP contribution in [0.5, 0.6) is 5.75 Å². The molecule has 3 rings (SSSR count). The van der Waals surface area contributed by atoms with E-state index < -0.39 is 68.0 Å². The maximum Gasteiger partial charge on any atom is 0.229 e. The lowest BCUT2D eigenvalue weighted by Gasteiger charge is -2.45. The molecule has 2 aliphatic heterocycles. The summed E-state index contributed by atoms with van der Waals surface area (Å²) in [5.41, 5.74) is 0.452. The summed E-state index contributed by atoms with van der Waals surface area (Å²) in [5.74, 6) is 0.108. The molecule has 0 amide bonds. The number of ether oxygens (including phenoxy) is 4. The van der Waals surface area contributed by atoms with Gasteiger partial charge in [-0.25, -0.2) is 0 Å². The van der Waals surface area contributed by atoms with E-state index in [9.17, 15) is 35.4 Å². The number of rotatable bonds is 6. The highest BCUT2D eigenvalue weighted by Gasteiger charge is 2.50. The summed E-state index contributed by atoms with van der Waals surface area (Å²) in [5, 5.41) is 60.3. The van der Waals surface area contributed by atoms with Crippen molar-refractivity contribution in [1.82, 2.24) is 0 Å². The highest BCUT2D eigenvalue weighted by Crippen LogP contribution is 2.30. The smallest absolute Gasteiger partial charge is 0.229 e. The molecule has 2 saturated heterocycles. The Morgan fingerprint density at radius 3 is 2.13 bits per heavy atom. The minimum atomic E-state index is -1.65. The molecule has 1 aromatic rings. The van der Waals surface area contributed by atoms with E-state index in [0.717, 1.165) is 0 Å². The standard InChI is InChI=1S/C20H28O11/c1-8(22)10-3-5-11(6-4-10)29-20-18(16(26)14(24)12(7-21)30-20)31-19-17(27)15(25)13(23)9(2)28-19/h3-6,9,12-21,23-27H,7H2,1-2H3/t9-,12-,13+,14-,15-,16+,17-,18+,19+,20-/m1/s1. The number of aliphatic hydroxyl groups is 6. The molecule has 6 N–H and O–H groups in total. The minimum absolute atomic E-state index is 0.140. The lowest BCUT2D eigenvalue weighted by molar-refractivity contribution is -0.354. The van der Waals surface area contributed by atoms with Gasteiger partial charge in [-0.15, -0.1) is 0 Å². The van der Waals surface area contributed by atoms with Gasteiger partial charge in [-0.05, 0) is 38.1 Å². The first kappa shape index (κ1) is 24.0. The maximum absolute atomic E-state index is 11.4. The first-order valence-electron chi connectivity index (χ1n) is 9.89. The van der Waals surface area contributed by atoms with Crippen LogP contribution in [0.2, 0.25) is 0 Å². The molecule has 0 saturated carbocycles. The second-order valence-electron chi connectivity index (χ2n) is 7.69. The van der Waals surface area contributed by atoms with Crippen LogP contribution in [0.3, 0.4) is 0 Å². The fourth-order valence-corrected chi connectivity index (χ4v) is 3.48. The highest BCUT2D eigenvalue weighted by atomic mass is 16.8. The van der Waals surface area contributed by atoms with Crippen LogP contribution >= 0.6 is 0 Å². The number of carbonyl (C=O) groups is 1. The number of hydrogen-bond donors (Lipinski definition) is 6. The summed E-state index contributed by atoms with van der Waals surface area (Å²) in [6.07, 6.45) is -14.0. The Morgan fingerprint density at radius 1 is 0.903 bits per heavy atom. The molecular formula is C20H28O11. The Labute approximate surface area is 178 Å². The zero-order chi connectivity index (χ0) is 22.9. The Hall–Kier alpha value is -1.67. The Balaban J connectivity index is 1.81. The second kappa shape index (κ2) is 9.86. The van der Waals surface area contributed by atoms with Crippen LogP contribution in [0, 0.1) is 0 Å². The van der Waals surface area contributed by atoms with E-state index in [1.807, 2.05) is 0 Å². The summed E-state index contributed by atoms with van der Waals surface area (Å²) in [6, 6.07) is 6.05. The Kier molecular flexibility index (Phi) is 7.63. The van der Waals surface area contributed by atoms with E-state index >= 15 is 0 Å². The van der Waals surface area contributed by atoms with Crippen LogP contribution < -0.4 is 4.74 Å². The fraction of sp³-hybridized carbons (Fsp3) is 0.650. The summed E-state index contributed by atoms with van der Waals surface area (Å²) in [7, 11) is 0. The molecule has 2 aliphatic rings. The third-order valence-corrected chi connectivity index (χ3v) is 5.44. The van der Waals surface area contributed by atoms with E-state index in [1.54, 1.807) is 0 Å². The monoisotopic (exact) mass is 444 g/mol. The van der Waals surface area contributed by atoms with E-state index in [4.69, 9.17) is 18.9 Å². The first-order valence-corrected chi connectivity index (χ1v) is 9.89. The van der Waals surface area contributed by atoms with Gasteiger partial charge in [-0.1, -0.05) is 0 Å². The van der Waals surface area contributed by atoms with Gasteiger partial charge in [-0.2, -0.15) is 0 Å². The van der Waals surface area contributed by atoms with Gasteiger partial charge < -0.3 is 49.6 Å². The lowest BCUT2D eigenvalue weighted by atomic mass is 9.97.